The Kier molecular flexibility index (Phi) is 2.77. The fourth-order valence-corrected chi connectivity index (χ4v) is 4.25. The molecule has 1 aromatic heterocycles. The summed E-state index contributed by atoms with van der Waals surface area (Å²) in [5.41, 5.74) is 7.44. The maximum absolute atomic E-state index is 5.91. The van der Waals surface area contributed by atoms with Crippen molar-refractivity contribution in [3.8, 4) is 0 Å². The first-order chi connectivity index (χ1) is 6.20. The van der Waals surface area contributed by atoms with Crippen LogP contribution in [0.4, 0.5) is 0 Å². The van der Waals surface area contributed by atoms with E-state index in [2.05, 4.69) is 22.9 Å². The minimum Gasteiger partial charge on any atom is -0.323 e. The number of thiophene rings is 1. The molecule has 1 unspecified atom stereocenters. The highest BCUT2D eigenvalue weighted by molar-refractivity contribution is 9.10. The van der Waals surface area contributed by atoms with Gasteiger partial charge in [0, 0.05) is 20.3 Å². The lowest BCUT2D eigenvalue weighted by Crippen LogP contribution is -2.03. The van der Waals surface area contributed by atoms with Crippen molar-refractivity contribution in [1.29, 1.82) is 0 Å². The maximum atomic E-state index is 5.91. The molecule has 13 heavy (non-hydrogen) atoms. The Morgan fingerprint density at radius 1 is 1.38 bits per heavy atom. The van der Waals surface area contributed by atoms with E-state index < -0.39 is 0 Å². The molecule has 1 atom stereocenters. The molecule has 0 aliphatic heterocycles. The van der Waals surface area contributed by atoms with Crippen molar-refractivity contribution >= 4 is 27.3 Å². The van der Waals surface area contributed by atoms with Crippen molar-refractivity contribution < 1.29 is 0 Å². The topological polar surface area (TPSA) is 26.0 Å². The van der Waals surface area contributed by atoms with Gasteiger partial charge in [-0.1, -0.05) is 0 Å². The first-order valence-electron chi connectivity index (χ1n) is 4.75. The van der Waals surface area contributed by atoms with Crippen LogP contribution in [0.25, 0.3) is 0 Å². The van der Waals surface area contributed by atoms with E-state index in [1.165, 1.54) is 40.6 Å². The summed E-state index contributed by atoms with van der Waals surface area (Å²) in [6, 6.07) is 0.171. The molecule has 0 fully saturated rings. The van der Waals surface area contributed by atoms with Gasteiger partial charge in [0.2, 0.25) is 0 Å². The minimum absolute atomic E-state index is 0.171. The van der Waals surface area contributed by atoms with Gasteiger partial charge >= 0.3 is 0 Å². The van der Waals surface area contributed by atoms with Crippen LogP contribution in [0.5, 0.6) is 0 Å². The van der Waals surface area contributed by atoms with Crippen LogP contribution in [-0.4, -0.2) is 0 Å². The molecule has 0 saturated carbocycles. The molecule has 1 aliphatic rings. The van der Waals surface area contributed by atoms with Crippen LogP contribution in [0.3, 0.4) is 0 Å². The second kappa shape index (κ2) is 3.71. The molecular formula is C10H14BrNS. The Bertz CT molecular complexity index is 317. The Balaban J connectivity index is 2.44. The summed E-state index contributed by atoms with van der Waals surface area (Å²) in [6.07, 6.45) is 5.17. The zero-order chi connectivity index (χ0) is 9.42. The maximum Gasteiger partial charge on any atom is 0.0372 e. The van der Waals surface area contributed by atoms with Gasteiger partial charge in [0.05, 0.1) is 0 Å². The average molecular weight is 260 g/mol. The van der Waals surface area contributed by atoms with Gasteiger partial charge in [0.1, 0.15) is 0 Å². The largest absolute Gasteiger partial charge is 0.323 e. The predicted molar refractivity (Wildman–Crippen MR) is 61.3 cm³/mol. The molecule has 0 spiro atoms. The van der Waals surface area contributed by atoms with E-state index in [-0.39, 0.29) is 6.04 Å². The third kappa shape index (κ3) is 1.69. The highest BCUT2D eigenvalue weighted by Gasteiger charge is 2.20. The Hall–Kier alpha value is 0.140. The van der Waals surface area contributed by atoms with Gasteiger partial charge in [-0.2, -0.15) is 0 Å². The predicted octanol–water partition coefficient (Wildman–Crippen LogP) is 3.41. The van der Waals surface area contributed by atoms with E-state index >= 15 is 0 Å². The average Bonchev–Trinajstić information content (AvgIpc) is 2.45. The lowest BCUT2D eigenvalue weighted by molar-refractivity contribution is 0.694. The molecule has 0 radical (unpaired) electrons. The zero-order valence-electron chi connectivity index (χ0n) is 7.77. The van der Waals surface area contributed by atoms with Crippen LogP contribution in [-0.2, 0) is 12.8 Å². The molecule has 1 heterocycles. The SMILES string of the molecule is CC(N)c1sc2c(c1Br)CCCC2. The second-order valence-corrected chi connectivity index (χ2v) is 5.61. The summed E-state index contributed by atoms with van der Waals surface area (Å²) >= 11 is 5.57. The van der Waals surface area contributed by atoms with Crippen molar-refractivity contribution in [2.24, 2.45) is 5.73 Å². The molecule has 0 saturated heterocycles. The zero-order valence-corrected chi connectivity index (χ0v) is 10.2. The number of aryl methyl sites for hydroxylation is 1. The molecule has 0 amide bonds. The molecular weight excluding hydrogens is 246 g/mol. The molecule has 1 aliphatic carbocycles. The lowest BCUT2D eigenvalue weighted by Gasteiger charge is -2.10. The van der Waals surface area contributed by atoms with Gasteiger partial charge in [-0.25, -0.2) is 0 Å². The standard InChI is InChI=1S/C10H14BrNS/c1-6(12)10-9(11)7-4-2-3-5-8(7)13-10/h6H,2-5,12H2,1H3. The first-order valence-corrected chi connectivity index (χ1v) is 6.36. The summed E-state index contributed by atoms with van der Waals surface area (Å²) in [4.78, 5) is 2.89. The highest BCUT2D eigenvalue weighted by Crippen LogP contribution is 2.40. The molecule has 72 valence electrons. The van der Waals surface area contributed by atoms with Gasteiger partial charge in [-0.15, -0.1) is 11.3 Å². The Labute approximate surface area is 91.5 Å². The number of halogens is 1. The number of fused-ring (bicyclic) bond motifs is 1. The van der Waals surface area contributed by atoms with Crippen LogP contribution >= 0.6 is 27.3 Å². The van der Waals surface area contributed by atoms with Crippen molar-refractivity contribution in [3.05, 3.63) is 19.8 Å². The Morgan fingerprint density at radius 2 is 2.08 bits per heavy atom. The van der Waals surface area contributed by atoms with E-state index in [9.17, 15) is 0 Å². The summed E-state index contributed by atoms with van der Waals surface area (Å²) in [5.74, 6) is 0. The summed E-state index contributed by atoms with van der Waals surface area (Å²) < 4.78 is 1.29. The molecule has 1 nitrogen and oxygen atoms in total. The van der Waals surface area contributed by atoms with Crippen LogP contribution in [0.1, 0.15) is 41.1 Å². The molecule has 0 aromatic carbocycles. The van der Waals surface area contributed by atoms with Crippen LogP contribution in [0.15, 0.2) is 4.47 Å². The smallest absolute Gasteiger partial charge is 0.0372 e. The van der Waals surface area contributed by atoms with Gasteiger partial charge in [0.25, 0.3) is 0 Å². The van der Waals surface area contributed by atoms with E-state index in [0.29, 0.717) is 0 Å². The number of hydrogen-bond donors (Lipinski definition) is 1. The van der Waals surface area contributed by atoms with E-state index in [1.807, 2.05) is 11.3 Å². The van der Waals surface area contributed by atoms with Crippen LogP contribution < -0.4 is 5.73 Å². The fourth-order valence-electron chi connectivity index (χ4n) is 1.84. The van der Waals surface area contributed by atoms with Crippen LogP contribution in [0.2, 0.25) is 0 Å². The summed E-state index contributed by atoms with van der Waals surface area (Å²) in [6.45, 7) is 2.06. The first kappa shape index (κ1) is 9.69. The second-order valence-electron chi connectivity index (χ2n) is 3.68. The number of hydrogen-bond acceptors (Lipinski definition) is 2. The van der Waals surface area contributed by atoms with Crippen molar-refractivity contribution in [3.63, 3.8) is 0 Å². The normalized spacial score (nSPS) is 18.4. The molecule has 1 aromatic rings. The van der Waals surface area contributed by atoms with Gasteiger partial charge in [-0.05, 0) is 54.1 Å². The van der Waals surface area contributed by atoms with Crippen molar-refractivity contribution in [1.82, 2.24) is 0 Å². The number of nitrogens with two attached hydrogens (primary N) is 1. The minimum atomic E-state index is 0.171. The lowest BCUT2D eigenvalue weighted by atomic mass is 9.99. The summed E-state index contributed by atoms with van der Waals surface area (Å²) in [7, 11) is 0. The fraction of sp³-hybridized carbons (Fsp3) is 0.600. The third-order valence-corrected chi connectivity index (χ3v) is 5.21. The van der Waals surface area contributed by atoms with Crippen LogP contribution in [0, 0.1) is 0 Å². The van der Waals surface area contributed by atoms with Gasteiger partial charge in [0.15, 0.2) is 0 Å². The number of rotatable bonds is 1. The third-order valence-electron chi connectivity index (χ3n) is 2.55. The van der Waals surface area contributed by atoms with Crippen molar-refractivity contribution in [2.45, 2.75) is 38.6 Å². The molecule has 0 bridgehead atoms. The summed E-state index contributed by atoms with van der Waals surface area (Å²) in [5, 5.41) is 0. The van der Waals surface area contributed by atoms with Crippen molar-refractivity contribution in [2.75, 3.05) is 0 Å². The molecule has 3 heteroatoms. The quantitative estimate of drug-likeness (QED) is 0.822. The van der Waals surface area contributed by atoms with E-state index in [0.717, 1.165) is 0 Å². The van der Waals surface area contributed by atoms with E-state index in [4.69, 9.17) is 5.73 Å². The monoisotopic (exact) mass is 259 g/mol. The van der Waals surface area contributed by atoms with Gasteiger partial charge < -0.3 is 5.73 Å². The van der Waals surface area contributed by atoms with Gasteiger partial charge in [-0.3, -0.25) is 0 Å². The Morgan fingerprint density at radius 3 is 2.69 bits per heavy atom. The molecule has 2 N–H and O–H groups in total. The highest BCUT2D eigenvalue weighted by atomic mass is 79.9. The molecule has 2 rings (SSSR count). The van der Waals surface area contributed by atoms with E-state index in [1.54, 1.807) is 4.88 Å².